The van der Waals surface area contributed by atoms with Gasteiger partial charge >= 0.3 is 5.97 Å². The average molecular weight is 487 g/mol. The monoisotopic (exact) mass is 486 g/mol. The van der Waals surface area contributed by atoms with Crippen molar-refractivity contribution >= 4 is 23.3 Å². The number of thiocarbonyl (C=S) groups is 1. The van der Waals surface area contributed by atoms with Crippen molar-refractivity contribution in [2.45, 2.75) is 32.0 Å². The fraction of sp³-hybridized carbons (Fsp3) is 0.440. The first-order valence-electron chi connectivity index (χ1n) is 11.2. The van der Waals surface area contributed by atoms with Gasteiger partial charge < -0.3 is 33.9 Å². The number of para-hydroxylation sites is 1. The summed E-state index contributed by atoms with van der Waals surface area (Å²) >= 11 is 5.76. The maximum absolute atomic E-state index is 13.2. The lowest BCUT2D eigenvalue weighted by molar-refractivity contribution is -0.175. The van der Waals surface area contributed by atoms with Gasteiger partial charge in [0.1, 0.15) is 5.92 Å². The second-order valence-electron chi connectivity index (χ2n) is 8.28. The minimum absolute atomic E-state index is 0.277. The molecule has 4 rings (SSSR count). The summed E-state index contributed by atoms with van der Waals surface area (Å²) in [6.07, 6.45) is 0.639. The van der Waals surface area contributed by atoms with Gasteiger partial charge in [-0.25, -0.2) is 0 Å². The SMILES string of the molecule is CCOC(=O)[C@H]1[C@H]2NC(=S)N(CCc3ccc(OC)c(OC)c3)[C@@]1(C)Oc1c(OC)cccc12. The van der Waals surface area contributed by atoms with E-state index in [1.54, 1.807) is 28.3 Å². The van der Waals surface area contributed by atoms with Crippen molar-refractivity contribution in [1.29, 1.82) is 0 Å². The molecule has 2 bridgehead atoms. The molecule has 1 fully saturated rings. The summed E-state index contributed by atoms with van der Waals surface area (Å²) < 4.78 is 28.4. The minimum Gasteiger partial charge on any atom is -0.493 e. The Morgan fingerprint density at radius 1 is 1.12 bits per heavy atom. The highest BCUT2D eigenvalue weighted by molar-refractivity contribution is 7.80. The van der Waals surface area contributed by atoms with Gasteiger partial charge in [-0.1, -0.05) is 18.2 Å². The van der Waals surface area contributed by atoms with Crippen molar-refractivity contribution in [2.75, 3.05) is 34.5 Å². The van der Waals surface area contributed by atoms with E-state index in [-0.39, 0.29) is 12.6 Å². The fourth-order valence-corrected chi connectivity index (χ4v) is 5.19. The van der Waals surface area contributed by atoms with Crippen LogP contribution >= 0.6 is 12.2 Å². The summed E-state index contributed by atoms with van der Waals surface area (Å²) in [7, 11) is 4.81. The summed E-state index contributed by atoms with van der Waals surface area (Å²) in [4.78, 5) is 15.1. The zero-order valence-corrected chi connectivity index (χ0v) is 20.9. The summed E-state index contributed by atoms with van der Waals surface area (Å²) in [5.74, 6) is 1.55. The molecule has 2 aliphatic rings. The smallest absolute Gasteiger partial charge is 0.317 e. The van der Waals surface area contributed by atoms with Gasteiger partial charge in [-0.2, -0.15) is 0 Å². The number of rotatable bonds is 8. The third kappa shape index (κ3) is 3.98. The maximum Gasteiger partial charge on any atom is 0.317 e. The van der Waals surface area contributed by atoms with E-state index in [0.717, 1.165) is 11.1 Å². The van der Waals surface area contributed by atoms with Crippen LogP contribution in [0.1, 0.15) is 31.0 Å². The van der Waals surface area contributed by atoms with E-state index in [4.69, 9.17) is 35.9 Å². The van der Waals surface area contributed by atoms with E-state index in [1.165, 1.54) is 0 Å². The molecule has 2 heterocycles. The number of carbonyl (C=O) groups is 1. The Morgan fingerprint density at radius 2 is 1.85 bits per heavy atom. The Bertz CT molecular complexity index is 1090. The van der Waals surface area contributed by atoms with Gasteiger partial charge in [-0.3, -0.25) is 4.79 Å². The van der Waals surface area contributed by atoms with E-state index >= 15 is 0 Å². The zero-order chi connectivity index (χ0) is 24.5. The average Bonchev–Trinajstić information content (AvgIpc) is 2.83. The molecule has 0 aliphatic carbocycles. The van der Waals surface area contributed by atoms with E-state index in [1.807, 2.05) is 48.2 Å². The van der Waals surface area contributed by atoms with Gasteiger partial charge in [-0.15, -0.1) is 0 Å². The first-order valence-corrected chi connectivity index (χ1v) is 11.6. The number of ether oxygens (including phenoxy) is 5. The number of nitrogens with one attached hydrogen (secondary N) is 1. The molecule has 2 aliphatic heterocycles. The number of nitrogens with zero attached hydrogens (tertiary/aromatic N) is 1. The van der Waals surface area contributed by atoms with Crippen molar-refractivity contribution in [2.24, 2.45) is 5.92 Å². The molecule has 3 atom stereocenters. The molecule has 182 valence electrons. The lowest BCUT2D eigenvalue weighted by Crippen LogP contribution is -2.71. The number of carbonyl (C=O) groups excluding carboxylic acids is 1. The molecule has 0 amide bonds. The van der Waals surface area contributed by atoms with Crippen molar-refractivity contribution < 1.29 is 28.5 Å². The third-order valence-electron chi connectivity index (χ3n) is 6.46. The van der Waals surface area contributed by atoms with Crippen LogP contribution in [0.2, 0.25) is 0 Å². The van der Waals surface area contributed by atoms with E-state index in [9.17, 15) is 4.79 Å². The quantitative estimate of drug-likeness (QED) is 0.446. The Balaban J connectivity index is 1.70. The van der Waals surface area contributed by atoms with Crippen LogP contribution in [0, 0.1) is 5.92 Å². The predicted molar refractivity (Wildman–Crippen MR) is 131 cm³/mol. The van der Waals surface area contributed by atoms with Crippen LogP contribution in [-0.4, -0.2) is 56.2 Å². The van der Waals surface area contributed by atoms with Crippen LogP contribution in [0.25, 0.3) is 0 Å². The van der Waals surface area contributed by atoms with Crippen LogP contribution in [0.4, 0.5) is 0 Å². The van der Waals surface area contributed by atoms with Crippen LogP contribution < -0.4 is 24.3 Å². The van der Waals surface area contributed by atoms with Crippen LogP contribution in [0.5, 0.6) is 23.0 Å². The van der Waals surface area contributed by atoms with Gasteiger partial charge in [-0.05, 0) is 56.2 Å². The highest BCUT2D eigenvalue weighted by atomic mass is 32.1. The van der Waals surface area contributed by atoms with Crippen LogP contribution in [0.3, 0.4) is 0 Å². The minimum atomic E-state index is -1.07. The van der Waals surface area contributed by atoms with E-state index in [2.05, 4.69) is 5.32 Å². The summed E-state index contributed by atoms with van der Waals surface area (Å²) in [5.41, 5.74) is 0.779. The van der Waals surface area contributed by atoms with E-state index in [0.29, 0.717) is 41.1 Å². The molecule has 34 heavy (non-hydrogen) atoms. The molecular weight excluding hydrogens is 456 g/mol. The molecule has 2 aromatic rings. The molecule has 0 radical (unpaired) electrons. The zero-order valence-electron chi connectivity index (χ0n) is 20.0. The van der Waals surface area contributed by atoms with Crippen LogP contribution in [-0.2, 0) is 16.0 Å². The number of benzene rings is 2. The Labute approximate surface area is 205 Å². The molecule has 9 heteroatoms. The van der Waals surface area contributed by atoms with E-state index < -0.39 is 17.7 Å². The maximum atomic E-state index is 13.2. The van der Waals surface area contributed by atoms with Gasteiger partial charge in [0.15, 0.2) is 33.8 Å². The van der Waals surface area contributed by atoms with Crippen molar-refractivity contribution in [3.05, 3.63) is 47.5 Å². The van der Waals surface area contributed by atoms with Gasteiger partial charge in [0.05, 0.1) is 34.0 Å². The van der Waals surface area contributed by atoms with Gasteiger partial charge in [0.2, 0.25) is 0 Å². The molecule has 1 saturated heterocycles. The molecule has 0 saturated carbocycles. The molecule has 0 aromatic heterocycles. The van der Waals surface area contributed by atoms with Crippen molar-refractivity contribution in [3.63, 3.8) is 0 Å². The highest BCUT2D eigenvalue weighted by Crippen LogP contribution is 2.51. The molecule has 0 unspecified atom stereocenters. The van der Waals surface area contributed by atoms with Gasteiger partial charge in [0.25, 0.3) is 0 Å². The van der Waals surface area contributed by atoms with Crippen molar-refractivity contribution in [3.8, 4) is 23.0 Å². The third-order valence-corrected chi connectivity index (χ3v) is 6.79. The number of methoxy groups -OCH3 is 3. The largest absolute Gasteiger partial charge is 0.493 e. The number of hydrogen-bond acceptors (Lipinski definition) is 7. The Morgan fingerprint density at radius 3 is 2.53 bits per heavy atom. The normalized spacial score (nSPS) is 22.7. The predicted octanol–water partition coefficient (Wildman–Crippen LogP) is 3.47. The molecule has 1 N–H and O–H groups in total. The second kappa shape index (κ2) is 9.58. The topological polar surface area (TPSA) is 78.5 Å². The Hall–Kier alpha value is -3.20. The number of fused-ring (bicyclic) bond motifs is 4. The molecule has 0 spiro atoms. The second-order valence-corrected chi connectivity index (χ2v) is 8.67. The lowest BCUT2D eigenvalue weighted by Gasteiger charge is -2.55. The fourth-order valence-electron chi connectivity index (χ4n) is 4.79. The first kappa shape index (κ1) is 23.9. The summed E-state index contributed by atoms with van der Waals surface area (Å²) in [5, 5.41) is 3.89. The lowest BCUT2D eigenvalue weighted by atomic mass is 9.79. The highest BCUT2D eigenvalue weighted by Gasteiger charge is 2.59. The Kier molecular flexibility index (Phi) is 6.74. The molecular formula is C25H30N2O6S. The summed E-state index contributed by atoms with van der Waals surface area (Å²) in [6.45, 7) is 4.46. The van der Waals surface area contributed by atoms with Gasteiger partial charge in [0, 0.05) is 12.1 Å². The standard InChI is InChI=1S/C25H30N2O6S/c1-6-32-23(28)20-21-16-8-7-9-18(30-4)22(16)33-25(20,2)27(24(34)26-21)13-12-15-10-11-17(29-3)19(14-15)31-5/h7-11,14,20-21H,6,12-13H2,1-5H3,(H,26,34)/t20-,21+,25+/m1/s1. The number of esters is 1. The number of hydrogen-bond donors (Lipinski definition) is 1. The van der Waals surface area contributed by atoms with Crippen molar-refractivity contribution in [1.82, 2.24) is 10.2 Å². The first-order chi connectivity index (χ1) is 16.4. The summed E-state index contributed by atoms with van der Waals surface area (Å²) in [6, 6.07) is 11.0. The molecule has 2 aromatic carbocycles. The van der Waals surface area contributed by atoms with Crippen LogP contribution in [0.15, 0.2) is 36.4 Å². The molecule has 8 nitrogen and oxygen atoms in total.